The van der Waals surface area contributed by atoms with Crippen molar-refractivity contribution in [2.45, 2.75) is 50.2 Å². The minimum absolute atomic E-state index is 0.237. The first-order valence-electron chi connectivity index (χ1n) is 17.7. The number of carbonyl (C=O) groups is 3. The summed E-state index contributed by atoms with van der Waals surface area (Å²) in [5, 5.41) is 12.6. The molecule has 12 nitrogen and oxygen atoms in total. The zero-order chi connectivity index (χ0) is 36.9. The molecule has 2 N–H and O–H groups in total. The number of fused-ring (bicyclic) bond motifs is 2. The summed E-state index contributed by atoms with van der Waals surface area (Å²) in [6.07, 6.45) is 5.12. The molecule has 0 spiro atoms. The lowest BCUT2D eigenvalue weighted by atomic mass is 9.79. The first-order valence-corrected chi connectivity index (χ1v) is 17.7. The number of ether oxygens (including phenoxy) is 1. The third kappa shape index (κ3) is 6.88. The zero-order valence-corrected chi connectivity index (χ0v) is 28.9. The molecule has 0 bridgehead atoms. The number of hydrogen-bond acceptors (Lipinski definition) is 8. The molecule has 3 fully saturated rings. The molecule has 15 heteroatoms. The van der Waals surface area contributed by atoms with Crippen LogP contribution in [0.4, 0.5) is 29.3 Å². The van der Waals surface area contributed by atoms with E-state index in [0.717, 1.165) is 73.6 Å². The summed E-state index contributed by atoms with van der Waals surface area (Å²) in [6, 6.07) is 12.7. The normalized spacial score (nSPS) is 20.0. The number of methoxy groups -OCH3 is 1. The first kappa shape index (κ1) is 34.5. The van der Waals surface area contributed by atoms with Crippen LogP contribution in [0.1, 0.15) is 65.8 Å². The second-order valence-electron chi connectivity index (χ2n) is 14.0. The van der Waals surface area contributed by atoms with Crippen LogP contribution in [0.2, 0.25) is 0 Å². The Hall–Kier alpha value is -5.57. The van der Waals surface area contributed by atoms with E-state index < -0.39 is 23.8 Å². The summed E-state index contributed by atoms with van der Waals surface area (Å²) < 4.78 is 46.9. The van der Waals surface area contributed by atoms with Crippen LogP contribution in [0.5, 0.6) is 5.75 Å². The number of nitrogens with zero attached hydrogens (tertiary/aromatic N) is 6. The molecule has 4 amide bonds. The van der Waals surface area contributed by atoms with E-state index >= 15 is 0 Å². The lowest BCUT2D eigenvalue weighted by molar-refractivity contribution is -0.141. The highest BCUT2D eigenvalue weighted by atomic mass is 19.4. The Morgan fingerprint density at radius 2 is 1.81 bits per heavy atom. The van der Waals surface area contributed by atoms with E-state index in [1.165, 1.54) is 18.7 Å². The van der Waals surface area contributed by atoms with Gasteiger partial charge in [0, 0.05) is 54.1 Å². The van der Waals surface area contributed by atoms with Gasteiger partial charge in [-0.1, -0.05) is 24.3 Å². The molecule has 2 aliphatic heterocycles. The molecule has 53 heavy (non-hydrogen) atoms. The molecule has 274 valence electrons. The van der Waals surface area contributed by atoms with Gasteiger partial charge in [0.1, 0.15) is 17.1 Å². The van der Waals surface area contributed by atoms with Crippen LogP contribution in [-0.2, 0) is 11.0 Å². The SMILES string of the molecule is COc1cc2nn(C3CC(CN4CCC(c5cccc6c(N7CCC(=O)NC7=O)cncc56)CC4)C3)cc2cc1NC(=O)c1cccc(C(F)(F)F)n1. The van der Waals surface area contributed by atoms with Crippen molar-refractivity contribution in [1.82, 2.24) is 30.0 Å². The van der Waals surface area contributed by atoms with Crippen LogP contribution in [-0.4, -0.2) is 75.8 Å². The second-order valence-corrected chi connectivity index (χ2v) is 14.0. The van der Waals surface area contributed by atoms with E-state index in [0.29, 0.717) is 41.0 Å². The van der Waals surface area contributed by atoms with E-state index in [2.05, 4.69) is 31.6 Å². The summed E-state index contributed by atoms with van der Waals surface area (Å²) in [4.78, 5) is 49.2. The fourth-order valence-electron chi connectivity index (χ4n) is 7.86. The topological polar surface area (TPSA) is 135 Å². The highest BCUT2D eigenvalue weighted by Crippen LogP contribution is 2.41. The highest BCUT2D eigenvalue weighted by molar-refractivity contribution is 6.10. The molecule has 0 unspecified atom stereocenters. The van der Waals surface area contributed by atoms with E-state index in [9.17, 15) is 27.6 Å². The van der Waals surface area contributed by atoms with Gasteiger partial charge in [-0.25, -0.2) is 9.78 Å². The fraction of sp³-hybridized carbons (Fsp3) is 0.368. The monoisotopic (exact) mass is 726 g/mol. The van der Waals surface area contributed by atoms with E-state index in [-0.39, 0.29) is 24.1 Å². The van der Waals surface area contributed by atoms with Gasteiger partial charge in [0.05, 0.1) is 36.2 Å². The minimum Gasteiger partial charge on any atom is -0.494 e. The molecular formula is C38H37F3N8O4. The van der Waals surface area contributed by atoms with Gasteiger partial charge < -0.3 is 15.0 Å². The predicted octanol–water partition coefficient (Wildman–Crippen LogP) is 6.54. The number of benzene rings is 2. The van der Waals surface area contributed by atoms with Gasteiger partial charge in [-0.15, -0.1) is 0 Å². The summed E-state index contributed by atoms with van der Waals surface area (Å²) in [6.45, 7) is 3.32. The molecule has 1 aliphatic carbocycles. The number of amides is 4. The number of aromatic nitrogens is 4. The molecule has 0 radical (unpaired) electrons. The molecule has 2 saturated heterocycles. The lowest BCUT2D eigenvalue weighted by Gasteiger charge is -2.41. The predicted molar refractivity (Wildman–Crippen MR) is 191 cm³/mol. The van der Waals surface area contributed by atoms with Crippen molar-refractivity contribution in [3.05, 3.63) is 84.1 Å². The average molecular weight is 727 g/mol. The van der Waals surface area contributed by atoms with Crippen LogP contribution < -0.4 is 20.3 Å². The molecule has 1 saturated carbocycles. The number of rotatable bonds is 8. The minimum atomic E-state index is -4.66. The van der Waals surface area contributed by atoms with E-state index in [1.54, 1.807) is 23.2 Å². The molecule has 3 aromatic heterocycles. The number of hydrogen-bond donors (Lipinski definition) is 2. The van der Waals surface area contributed by atoms with Crippen molar-refractivity contribution in [2.24, 2.45) is 5.92 Å². The van der Waals surface area contributed by atoms with Crippen molar-refractivity contribution in [3.63, 3.8) is 0 Å². The Labute approximate surface area is 302 Å². The fourth-order valence-corrected chi connectivity index (χ4v) is 7.86. The summed E-state index contributed by atoms with van der Waals surface area (Å²) in [5.74, 6) is 0.214. The quantitative estimate of drug-likeness (QED) is 0.184. The number of pyridine rings is 2. The molecular weight excluding hydrogens is 689 g/mol. The van der Waals surface area contributed by atoms with E-state index in [1.807, 2.05) is 29.2 Å². The van der Waals surface area contributed by atoms with Crippen LogP contribution in [0.3, 0.4) is 0 Å². The Morgan fingerprint density at radius 3 is 2.57 bits per heavy atom. The molecule has 5 heterocycles. The van der Waals surface area contributed by atoms with Crippen LogP contribution >= 0.6 is 0 Å². The number of alkyl halides is 3. The standard InChI is InChI=1S/C38H37F3N8O4/c1-53-33-17-30-24(16-31(33)44-36(51)29-6-3-7-34(43-29)38(39,40)41)21-49(46-30)25-14-22(15-25)20-47-11-8-23(9-12-47)26-4-2-5-27-28(26)18-42-19-32(27)48-13-10-35(50)45-37(48)52/h2-7,16-19,21-23,25H,8-15,20H2,1H3,(H,44,51)(H,45,50,52). The number of piperidine rings is 1. The Kier molecular flexibility index (Phi) is 8.96. The van der Waals surface area contributed by atoms with Crippen LogP contribution in [0.15, 0.2) is 67.1 Å². The maximum absolute atomic E-state index is 13.1. The maximum Gasteiger partial charge on any atom is 0.433 e. The van der Waals surface area contributed by atoms with Crippen molar-refractivity contribution in [1.29, 1.82) is 0 Å². The summed E-state index contributed by atoms with van der Waals surface area (Å²) in [5.41, 5.74) is 1.46. The van der Waals surface area contributed by atoms with Crippen LogP contribution in [0, 0.1) is 5.92 Å². The number of anilines is 2. The van der Waals surface area contributed by atoms with Crippen molar-refractivity contribution >= 4 is 50.9 Å². The Morgan fingerprint density at radius 1 is 1.02 bits per heavy atom. The van der Waals surface area contributed by atoms with Crippen molar-refractivity contribution in [3.8, 4) is 5.75 Å². The number of likely N-dealkylation sites (tertiary alicyclic amines) is 1. The van der Waals surface area contributed by atoms with Crippen LogP contribution in [0.25, 0.3) is 21.7 Å². The van der Waals surface area contributed by atoms with Gasteiger partial charge in [0.15, 0.2) is 0 Å². The number of urea groups is 1. The average Bonchev–Trinajstić information content (AvgIpc) is 3.54. The molecule has 5 aromatic rings. The molecule has 3 aliphatic rings. The summed E-state index contributed by atoms with van der Waals surface area (Å²) >= 11 is 0. The van der Waals surface area contributed by atoms with E-state index in [4.69, 9.17) is 9.84 Å². The third-order valence-corrected chi connectivity index (χ3v) is 10.7. The number of imide groups is 1. The molecule has 0 atom stereocenters. The molecule has 2 aromatic carbocycles. The number of carbonyl (C=O) groups excluding carboxylic acids is 3. The molecule has 8 rings (SSSR count). The largest absolute Gasteiger partial charge is 0.494 e. The maximum atomic E-state index is 13.1. The Balaban J connectivity index is 0.875. The van der Waals surface area contributed by atoms with Crippen molar-refractivity contribution in [2.75, 3.05) is 43.5 Å². The van der Waals surface area contributed by atoms with Crippen molar-refractivity contribution < 1.29 is 32.3 Å². The second kappa shape index (κ2) is 13.8. The third-order valence-electron chi connectivity index (χ3n) is 10.7. The first-order chi connectivity index (χ1) is 25.5. The smallest absolute Gasteiger partial charge is 0.433 e. The number of nitrogens with one attached hydrogen (secondary N) is 2. The Bertz CT molecular complexity index is 2230. The van der Waals surface area contributed by atoms with Gasteiger partial charge >= 0.3 is 12.2 Å². The van der Waals surface area contributed by atoms with Gasteiger partial charge in [0.2, 0.25) is 5.91 Å². The van der Waals surface area contributed by atoms with Gasteiger partial charge in [-0.05, 0) is 74.4 Å². The van der Waals surface area contributed by atoms with Gasteiger partial charge in [-0.2, -0.15) is 18.3 Å². The number of halogens is 3. The lowest BCUT2D eigenvalue weighted by Crippen LogP contribution is -2.49. The van der Waals surface area contributed by atoms with Gasteiger partial charge in [-0.3, -0.25) is 29.5 Å². The highest BCUT2D eigenvalue weighted by Gasteiger charge is 2.35. The zero-order valence-electron chi connectivity index (χ0n) is 28.9. The van der Waals surface area contributed by atoms with Gasteiger partial charge in [0.25, 0.3) is 5.91 Å². The summed E-state index contributed by atoms with van der Waals surface area (Å²) in [7, 11) is 1.45.